The monoisotopic (exact) mass is 343 g/mol. The number of ether oxygens (including phenoxy) is 3. The van der Waals surface area contributed by atoms with Crippen molar-refractivity contribution in [2.45, 2.75) is 32.8 Å². The van der Waals surface area contributed by atoms with Gasteiger partial charge in [0.05, 0.1) is 6.42 Å². The molecule has 0 spiro atoms. The largest absolute Gasteiger partial charge is 0.490 e. The Morgan fingerprint density at radius 3 is 2.39 bits per heavy atom. The van der Waals surface area contributed by atoms with E-state index < -0.39 is 17.7 Å². The number of halogens is 1. The van der Waals surface area contributed by atoms with Crippen LogP contribution in [-0.4, -0.2) is 37.4 Å². The summed E-state index contributed by atoms with van der Waals surface area (Å²) >= 11 is 5.76. The number of alkyl carbamates (subject to hydrolysis) is 1. The zero-order chi connectivity index (χ0) is 17.3. The average molecular weight is 344 g/mol. The van der Waals surface area contributed by atoms with E-state index in [2.05, 4.69) is 5.32 Å². The lowest BCUT2D eigenvalue weighted by Crippen LogP contribution is -2.33. The van der Waals surface area contributed by atoms with Crippen LogP contribution in [0, 0.1) is 0 Å². The first-order valence-electron chi connectivity index (χ1n) is 7.27. The maximum Gasteiger partial charge on any atom is 0.407 e. The molecule has 0 aliphatic carbocycles. The Balaban J connectivity index is 2.08. The molecule has 0 saturated carbocycles. The van der Waals surface area contributed by atoms with Crippen LogP contribution in [0.3, 0.4) is 0 Å². The quantitative estimate of drug-likeness (QED) is 0.608. The van der Waals surface area contributed by atoms with E-state index in [1.165, 1.54) is 0 Å². The van der Waals surface area contributed by atoms with Crippen LogP contribution in [0.15, 0.2) is 24.3 Å². The second-order valence-corrected chi connectivity index (χ2v) is 6.14. The molecule has 0 aromatic heterocycles. The molecule has 0 fully saturated rings. The molecule has 1 aromatic carbocycles. The van der Waals surface area contributed by atoms with Crippen molar-refractivity contribution in [1.82, 2.24) is 5.32 Å². The summed E-state index contributed by atoms with van der Waals surface area (Å²) in [5.41, 5.74) is -0.566. The minimum atomic E-state index is -0.566. The van der Waals surface area contributed by atoms with Crippen molar-refractivity contribution in [2.75, 3.05) is 19.8 Å². The molecule has 1 aromatic rings. The molecule has 0 heterocycles. The Hall–Kier alpha value is -1.95. The number of hydrogen-bond acceptors (Lipinski definition) is 5. The van der Waals surface area contributed by atoms with Crippen molar-refractivity contribution in [3.05, 3.63) is 29.3 Å². The standard InChI is InChI=1S/C16H22ClNO5/c1-16(2,3)23-15(20)18-9-8-14(19)22-11-10-21-13-6-4-12(17)5-7-13/h4-7H,8-11H2,1-3H3,(H,18,20). The highest BCUT2D eigenvalue weighted by atomic mass is 35.5. The second-order valence-electron chi connectivity index (χ2n) is 5.70. The lowest BCUT2D eigenvalue weighted by molar-refractivity contribution is -0.144. The van der Waals surface area contributed by atoms with Crippen molar-refractivity contribution < 1.29 is 23.8 Å². The van der Waals surface area contributed by atoms with Gasteiger partial charge in [0.1, 0.15) is 24.6 Å². The van der Waals surface area contributed by atoms with Gasteiger partial charge in [0.2, 0.25) is 0 Å². The van der Waals surface area contributed by atoms with Crippen molar-refractivity contribution in [3.63, 3.8) is 0 Å². The van der Waals surface area contributed by atoms with Crippen LogP contribution in [0.1, 0.15) is 27.2 Å². The summed E-state index contributed by atoms with van der Waals surface area (Å²) in [5.74, 6) is 0.234. The summed E-state index contributed by atoms with van der Waals surface area (Å²) in [7, 11) is 0. The topological polar surface area (TPSA) is 73.9 Å². The highest BCUT2D eigenvalue weighted by molar-refractivity contribution is 6.30. The van der Waals surface area contributed by atoms with Crippen molar-refractivity contribution in [2.24, 2.45) is 0 Å². The van der Waals surface area contributed by atoms with Gasteiger partial charge in [0.15, 0.2) is 0 Å². The van der Waals surface area contributed by atoms with Crippen LogP contribution in [0.25, 0.3) is 0 Å². The van der Waals surface area contributed by atoms with Gasteiger partial charge in [-0.05, 0) is 45.0 Å². The lowest BCUT2D eigenvalue weighted by atomic mass is 10.2. The molecule has 0 aliphatic rings. The summed E-state index contributed by atoms with van der Waals surface area (Å²) in [6, 6.07) is 6.89. The Bertz CT molecular complexity index is 510. The number of hydrogen-bond donors (Lipinski definition) is 1. The number of carbonyl (C=O) groups is 2. The van der Waals surface area contributed by atoms with Gasteiger partial charge in [-0.3, -0.25) is 4.79 Å². The van der Waals surface area contributed by atoms with E-state index in [9.17, 15) is 9.59 Å². The minimum Gasteiger partial charge on any atom is -0.490 e. The van der Waals surface area contributed by atoms with E-state index in [-0.39, 0.29) is 26.2 Å². The van der Waals surface area contributed by atoms with Crippen LogP contribution in [0.4, 0.5) is 4.79 Å². The van der Waals surface area contributed by atoms with E-state index in [0.29, 0.717) is 10.8 Å². The van der Waals surface area contributed by atoms with Gasteiger partial charge >= 0.3 is 12.1 Å². The molecule has 6 nitrogen and oxygen atoms in total. The van der Waals surface area contributed by atoms with Gasteiger partial charge in [-0.1, -0.05) is 11.6 Å². The van der Waals surface area contributed by atoms with Gasteiger partial charge in [-0.25, -0.2) is 4.79 Å². The molecule has 0 radical (unpaired) electrons. The predicted octanol–water partition coefficient (Wildman–Crippen LogP) is 3.18. The molecule has 1 amide bonds. The van der Waals surface area contributed by atoms with E-state index in [0.717, 1.165) is 0 Å². The van der Waals surface area contributed by atoms with Crippen LogP contribution >= 0.6 is 11.6 Å². The number of benzene rings is 1. The van der Waals surface area contributed by atoms with Gasteiger partial charge < -0.3 is 19.5 Å². The molecule has 0 saturated heterocycles. The third-order valence-corrected chi connectivity index (χ3v) is 2.68. The smallest absolute Gasteiger partial charge is 0.407 e. The molecule has 128 valence electrons. The second kappa shape index (κ2) is 9.25. The molecular weight excluding hydrogens is 322 g/mol. The first-order valence-corrected chi connectivity index (χ1v) is 7.65. The summed E-state index contributed by atoms with van der Waals surface area (Å²) in [6.45, 7) is 5.83. The molecular formula is C16H22ClNO5. The maximum atomic E-state index is 11.5. The minimum absolute atomic E-state index is 0.0696. The number of amides is 1. The fraction of sp³-hybridized carbons (Fsp3) is 0.500. The number of nitrogens with one attached hydrogen (secondary N) is 1. The molecule has 0 bridgehead atoms. The van der Waals surface area contributed by atoms with Gasteiger partial charge in [0.25, 0.3) is 0 Å². The van der Waals surface area contributed by atoms with Crippen LogP contribution in [0.2, 0.25) is 5.02 Å². The van der Waals surface area contributed by atoms with Gasteiger partial charge in [-0.15, -0.1) is 0 Å². The molecule has 0 unspecified atom stereocenters. The number of carbonyl (C=O) groups excluding carboxylic acids is 2. The Kier molecular flexibility index (Phi) is 7.68. The molecule has 7 heteroatoms. The summed E-state index contributed by atoms with van der Waals surface area (Å²) < 4.78 is 15.4. The highest BCUT2D eigenvalue weighted by Gasteiger charge is 2.15. The first-order chi connectivity index (χ1) is 10.8. The third-order valence-electron chi connectivity index (χ3n) is 2.43. The van der Waals surface area contributed by atoms with Crippen molar-refractivity contribution in [3.8, 4) is 5.75 Å². The van der Waals surface area contributed by atoms with Crippen LogP contribution < -0.4 is 10.1 Å². The summed E-state index contributed by atoms with van der Waals surface area (Å²) in [6.07, 6.45) is -0.489. The first kappa shape index (κ1) is 19.1. The fourth-order valence-corrected chi connectivity index (χ4v) is 1.62. The van der Waals surface area contributed by atoms with E-state index in [1.54, 1.807) is 45.0 Å². The zero-order valence-corrected chi connectivity index (χ0v) is 14.3. The molecule has 1 rings (SSSR count). The maximum absolute atomic E-state index is 11.5. The molecule has 1 N–H and O–H groups in total. The van der Waals surface area contributed by atoms with Gasteiger partial charge in [0, 0.05) is 11.6 Å². The van der Waals surface area contributed by atoms with Crippen LogP contribution in [0.5, 0.6) is 5.75 Å². The fourth-order valence-electron chi connectivity index (χ4n) is 1.50. The van der Waals surface area contributed by atoms with Gasteiger partial charge in [-0.2, -0.15) is 0 Å². The van der Waals surface area contributed by atoms with Crippen LogP contribution in [-0.2, 0) is 14.3 Å². The van der Waals surface area contributed by atoms with E-state index in [1.807, 2.05) is 0 Å². The Labute approximate surface area is 141 Å². The number of esters is 1. The number of rotatable bonds is 7. The van der Waals surface area contributed by atoms with Crippen molar-refractivity contribution in [1.29, 1.82) is 0 Å². The molecule has 0 atom stereocenters. The Morgan fingerprint density at radius 1 is 1.13 bits per heavy atom. The Morgan fingerprint density at radius 2 is 1.78 bits per heavy atom. The van der Waals surface area contributed by atoms with Crippen molar-refractivity contribution >= 4 is 23.7 Å². The zero-order valence-electron chi connectivity index (χ0n) is 13.6. The van der Waals surface area contributed by atoms with E-state index in [4.69, 9.17) is 25.8 Å². The predicted molar refractivity (Wildman–Crippen MR) is 86.8 cm³/mol. The summed E-state index contributed by atoms with van der Waals surface area (Å²) in [5, 5.41) is 3.11. The molecule has 23 heavy (non-hydrogen) atoms. The average Bonchev–Trinajstić information content (AvgIpc) is 2.43. The highest BCUT2D eigenvalue weighted by Crippen LogP contribution is 2.15. The summed E-state index contributed by atoms with van der Waals surface area (Å²) in [4.78, 5) is 22.8. The SMILES string of the molecule is CC(C)(C)OC(=O)NCCC(=O)OCCOc1ccc(Cl)cc1. The lowest BCUT2D eigenvalue weighted by Gasteiger charge is -2.19. The molecule has 0 aliphatic heterocycles. The van der Waals surface area contributed by atoms with E-state index >= 15 is 0 Å². The normalized spacial score (nSPS) is 10.8. The third kappa shape index (κ3) is 9.63.